The molecule has 2 aromatic heterocycles. The van der Waals surface area contributed by atoms with E-state index < -0.39 is 0 Å². The Morgan fingerprint density at radius 1 is 1.41 bits per heavy atom. The van der Waals surface area contributed by atoms with E-state index in [1.807, 2.05) is 0 Å². The van der Waals surface area contributed by atoms with Crippen LogP contribution < -0.4 is 11.3 Å². The van der Waals surface area contributed by atoms with Crippen LogP contribution in [0.15, 0.2) is 28.2 Å². The van der Waals surface area contributed by atoms with Crippen LogP contribution in [-0.4, -0.2) is 20.2 Å². The maximum atomic E-state index is 11.1. The smallest absolute Gasteiger partial charge is 0.253 e. The molecule has 0 spiro atoms. The van der Waals surface area contributed by atoms with Gasteiger partial charge in [-0.1, -0.05) is 23.4 Å². The molecule has 0 unspecified atom stereocenters. The molecule has 2 heterocycles. The minimum absolute atomic E-state index is 0.193. The fraction of sp³-hybridized carbons (Fsp3) is 0.111. The highest BCUT2D eigenvalue weighted by atomic mass is 35.5. The largest absolute Gasteiger partial charge is 0.383 e. The van der Waals surface area contributed by atoms with Crippen LogP contribution in [0.1, 0.15) is 5.69 Å². The molecule has 0 aliphatic heterocycles. The van der Waals surface area contributed by atoms with Crippen molar-refractivity contribution in [1.82, 2.24) is 20.2 Å². The lowest BCUT2D eigenvalue weighted by molar-refractivity contribution is 0.935. The monoisotopic (exact) mass is 269 g/mol. The lowest BCUT2D eigenvalue weighted by Crippen LogP contribution is -2.09. The Balaban J connectivity index is 2.07. The van der Waals surface area contributed by atoms with Gasteiger partial charge in [-0.25, -0.2) is 4.98 Å². The molecular weight excluding hydrogens is 262 g/mol. The van der Waals surface area contributed by atoms with Crippen molar-refractivity contribution < 1.29 is 0 Å². The summed E-state index contributed by atoms with van der Waals surface area (Å²) in [6.07, 6.45) is 0. The number of nitrogens with one attached hydrogen (secondary N) is 1. The third-order valence-electron chi connectivity index (χ3n) is 1.78. The molecule has 0 bridgehead atoms. The van der Waals surface area contributed by atoms with Crippen LogP contribution in [0.4, 0.5) is 5.82 Å². The number of nitrogens with two attached hydrogens (primary N) is 1. The highest BCUT2D eigenvalue weighted by Crippen LogP contribution is 2.17. The van der Waals surface area contributed by atoms with Crippen LogP contribution in [0.5, 0.6) is 0 Å². The summed E-state index contributed by atoms with van der Waals surface area (Å²) >= 11 is 6.93. The third-order valence-corrected chi connectivity index (χ3v) is 2.89. The van der Waals surface area contributed by atoms with Crippen molar-refractivity contribution in [2.75, 3.05) is 5.73 Å². The summed E-state index contributed by atoms with van der Waals surface area (Å²) in [5, 5.41) is 8.39. The molecule has 0 saturated heterocycles. The van der Waals surface area contributed by atoms with Gasteiger partial charge < -0.3 is 10.7 Å². The Labute approximate surface area is 106 Å². The van der Waals surface area contributed by atoms with Crippen LogP contribution in [-0.2, 0) is 5.75 Å². The Bertz CT molecular complexity index is 570. The van der Waals surface area contributed by atoms with E-state index in [0.29, 0.717) is 16.1 Å². The number of nitrogen functional groups attached to an aromatic ring is 1. The van der Waals surface area contributed by atoms with Crippen LogP contribution in [0.25, 0.3) is 0 Å². The molecule has 2 aromatic rings. The summed E-state index contributed by atoms with van der Waals surface area (Å²) < 4.78 is 0. The molecule has 17 heavy (non-hydrogen) atoms. The van der Waals surface area contributed by atoms with Gasteiger partial charge in [0, 0.05) is 11.8 Å². The maximum absolute atomic E-state index is 11.1. The van der Waals surface area contributed by atoms with Gasteiger partial charge in [0.05, 0.1) is 5.69 Å². The SMILES string of the molecule is Nc1cc(=O)[nH]c(SCc2ccc(Cl)nn2)n1. The van der Waals surface area contributed by atoms with Gasteiger partial charge >= 0.3 is 0 Å². The molecule has 3 N–H and O–H groups in total. The highest BCUT2D eigenvalue weighted by Gasteiger charge is 2.02. The van der Waals surface area contributed by atoms with Gasteiger partial charge in [0.2, 0.25) is 0 Å². The Morgan fingerprint density at radius 3 is 2.88 bits per heavy atom. The summed E-state index contributed by atoms with van der Waals surface area (Å²) in [6.45, 7) is 0. The van der Waals surface area contributed by atoms with E-state index in [0.717, 1.165) is 5.69 Å². The molecule has 88 valence electrons. The molecule has 0 atom stereocenters. The number of hydrogen-bond acceptors (Lipinski definition) is 6. The van der Waals surface area contributed by atoms with E-state index in [9.17, 15) is 4.79 Å². The third kappa shape index (κ3) is 3.43. The van der Waals surface area contributed by atoms with E-state index in [1.54, 1.807) is 12.1 Å². The van der Waals surface area contributed by atoms with Gasteiger partial charge in [0.15, 0.2) is 10.3 Å². The number of hydrogen-bond donors (Lipinski definition) is 2. The number of halogens is 1. The summed E-state index contributed by atoms with van der Waals surface area (Å²) in [7, 11) is 0. The molecular formula is C9H8ClN5OS. The molecule has 0 saturated carbocycles. The number of rotatable bonds is 3. The number of H-pyrrole nitrogens is 1. The Hall–Kier alpha value is -1.60. The topological polar surface area (TPSA) is 97.6 Å². The second-order valence-corrected chi connectivity index (χ2v) is 4.46. The zero-order valence-corrected chi connectivity index (χ0v) is 10.1. The maximum Gasteiger partial charge on any atom is 0.253 e. The number of anilines is 1. The van der Waals surface area contributed by atoms with Crippen molar-refractivity contribution in [1.29, 1.82) is 0 Å². The molecule has 0 radical (unpaired) electrons. The van der Waals surface area contributed by atoms with Crippen LogP contribution >= 0.6 is 23.4 Å². The first-order valence-corrected chi connectivity index (χ1v) is 5.97. The van der Waals surface area contributed by atoms with Gasteiger partial charge in [0.1, 0.15) is 5.82 Å². The predicted octanol–water partition coefficient (Wildman–Crippen LogP) is 1.09. The summed E-state index contributed by atoms with van der Waals surface area (Å²) in [4.78, 5) is 17.7. The molecule has 6 nitrogen and oxygen atoms in total. The first kappa shape index (κ1) is 11.9. The lowest BCUT2D eigenvalue weighted by atomic mass is 10.4. The second-order valence-electron chi connectivity index (χ2n) is 3.11. The van der Waals surface area contributed by atoms with E-state index in [4.69, 9.17) is 17.3 Å². The van der Waals surface area contributed by atoms with Crippen molar-refractivity contribution >= 4 is 29.2 Å². The van der Waals surface area contributed by atoms with Crippen molar-refractivity contribution in [2.24, 2.45) is 0 Å². The van der Waals surface area contributed by atoms with Crippen LogP contribution in [0.3, 0.4) is 0 Å². The van der Waals surface area contributed by atoms with E-state index in [-0.39, 0.29) is 11.4 Å². The van der Waals surface area contributed by atoms with Gasteiger partial charge in [-0.3, -0.25) is 4.79 Å². The zero-order chi connectivity index (χ0) is 12.3. The number of thioether (sulfide) groups is 1. The molecule has 0 amide bonds. The number of aromatic nitrogens is 4. The van der Waals surface area contributed by atoms with Crippen molar-refractivity contribution in [3.63, 3.8) is 0 Å². The molecule has 0 aliphatic rings. The number of nitrogens with zero attached hydrogens (tertiary/aromatic N) is 3. The fourth-order valence-corrected chi connectivity index (χ4v) is 1.97. The molecule has 8 heteroatoms. The molecule has 0 aromatic carbocycles. The first-order chi connectivity index (χ1) is 8.13. The number of aromatic amines is 1. The van der Waals surface area contributed by atoms with Crippen LogP contribution in [0.2, 0.25) is 5.15 Å². The van der Waals surface area contributed by atoms with E-state index in [2.05, 4.69) is 20.2 Å². The standard InChI is InChI=1S/C9H8ClN5OS/c10-6-2-1-5(14-15-6)4-17-9-12-7(11)3-8(16)13-9/h1-3H,4H2,(H3,11,12,13,16). The average Bonchev–Trinajstić information content (AvgIpc) is 2.27. The minimum atomic E-state index is -0.276. The molecule has 0 fully saturated rings. The first-order valence-electron chi connectivity index (χ1n) is 4.61. The zero-order valence-electron chi connectivity index (χ0n) is 8.55. The molecule has 0 aliphatic carbocycles. The van der Waals surface area contributed by atoms with E-state index >= 15 is 0 Å². The molecule has 2 rings (SSSR count). The van der Waals surface area contributed by atoms with Crippen LogP contribution in [0, 0.1) is 0 Å². The van der Waals surface area contributed by atoms with Crippen molar-refractivity contribution in [3.05, 3.63) is 39.4 Å². The summed E-state index contributed by atoms with van der Waals surface area (Å²) in [5.41, 5.74) is 5.92. The fourth-order valence-electron chi connectivity index (χ4n) is 1.08. The highest BCUT2D eigenvalue weighted by molar-refractivity contribution is 7.98. The lowest BCUT2D eigenvalue weighted by Gasteiger charge is -2.00. The van der Waals surface area contributed by atoms with Gasteiger partial charge in [0.25, 0.3) is 5.56 Å². The van der Waals surface area contributed by atoms with Crippen molar-refractivity contribution in [2.45, 2.75) is 10.9 Å². The summed E-state index contributed by atoms with van der Waals surface area (Å²) in [6, 6.07) is 4.64. The Kier molecular flexibility index (Phi) is 3.60. The normalized spacial score (nSPS) is 10.4. The van der Waals surface area contributed by atoms with Gasteiger partial charge in [-0.05, 0) is 12.1 Å². The Morgan fingerprint density at radius 2 is 2.24 bits per heavy atom. The quantitative estimate of drug-likeness (QED) is 0.639. The summed E-state index contributed by atoms with van der Waals surface area (Å²) in [5.74, 6) is 0.717. The van der Waals surface area contributed by atoms with Gasteiger partial charge in [-0.2, -0.15) is 5.10 Å². The van der Waals surface area contributed by atoms with Crippen molar-refractivity contribution in [3.8, 4) is 0 Å². The second kappa shape index (κ2) is 5.15. The predicted molar refractivity (Wildman–Crippen MR) is 65.9 cm³/mol. The minimum Gasteiger partial charge on any atom is -0.383 e. The van der Waals surface area contributed by atoms with E-state index in [1.165, 1.54) is 17.8 Å². The van der Waals surface area contributed by atoms with Gasteiger partial charge in [-0.15, -0.1) is 5.10 Å². The average molecular weight is 270 g/mol.